The van der Waals surface area contributed by atoms with Gasteiger partial charge < -0.3 is 24.9 Å². The molecule has 0 spiro atoms. The Morgan fingerprint density at radius 1 is 1.25 bits per heavy atom. The van der Waals surface area contributed by atoms with Gasteiger partial charge in [0.2, 0.25) is 5.75 Å². The molecular weight excluding hydrogens is 318 g/mol. The van der Waals surface area contributed by atoms with Crippen molar-refractivity contribution in [2.75, 3.05) is 19.0 Å². The van der Waals surface area contributed by atoms with Crippen LogP contribution in [-0.4, -0.2) is 35.5 Å². The lowest BCUT2D eigenvalue weighted by molar-refractivity contribution is -0.390. The number of carbonyl (C=O) groups is 2. The van der Waals surface area contributed by atoms with Crippen molar-refractivity contribution in [3.8, 4) is 5.75 Å². The van der Waals surface area contributed by atoms with Crippen molar-refractivity contribution in [2.24, 2.45) is 0 Å². The number of hydrogen-bond donors (Lipinski definition) is 1. The first-order valence-electron chi connectivity index (χ1n) is 6.72. The van der Waals surface area contributed by atoms with Crippen LogP contribution in [0.3, 0.4) is 0 Å². The van der Waals surface area contributed by atoms with E-state index in [9.17, 15) is 19.7 Å². The molecule has 1 aromatic heterocycles. The molecule has 0 unspecified atom stereocenters. The summed E-state index contributed by atoms with van der Waals surface area (Å²) < 4.78 is 9.75. The number of amides is 1. The second-order valence-electron chi connectivity index (χ2n) is 4.46. The predicted octanol–water partition coefficient (Wildman–Crippen LogP) is 1.79. The normalized spacial score (nSPS) is 9.88. The van der Waals surface area contributed by atoms with Gasteiger partial charge >= 0.3 is 11.8 Å². The molecule has 1 amide bonds. The molecular formula is C15H13N3O6. The predicted molar refractivity (Wildman–Crippen MR) is 82.8 cm³/mol. The van der Waals surface area contributed by atoms with Crippen molar-refractivity contribution in [2.45, 2.75) is 0 Å². The van der Waals surface area contributed by atoms with Gasteiger partial charge in [0, 0.05) is 0 Å². The summed E-state index contributed by atoms with van der Waals surface area (Å²) in [4.78, 5) is 37.3. The maximum atomic E-state index is 12.0. The van der Waals surface area contributed by atoms with Crippen LogP contribution in [0.5, 0.6) is 5.75 Å². The molecule has 0 aliphatic rings. The van der Waals surface area contributed by atoms with Gasteiger partial charge in [-0.15, -0.1) is 0 Å². The molecule has 0 aliphatic carbocycles. The second-order valence-corrected chi connectivity index (χ2v) is 4.46. The van der Waals surface area contributed by atoms with E-state index in [0.29, 0.717) is 0 Å². The highest BCUT2D eigenvalue weighted by Gasteiger charge is 2.18. The Bertz CT molecular complexity index is 777. The fourth-order valence-electron chi connectivity index (χ4n) is 1.84. The van der Waals surface area contributed by atoms with E-state index in [-0.39, 0.29) is 17.0 Å². The van der Waals surface area contributed by atoms with E-state index in [1.807, 2.05) is 0 Å². The fraction of sp³-hybridized carbons (Fsp3) is 0.133. The second kappa shape index (κ2) is 7.68. The molecule has 0 atom stereocenters. The van der Waals surface area contributed by atoms with Gasteiger partial charge in [0.15, 0.2) is 6.61 Å². The first-order chi connectivity index (χ1) is 11.5. The minimum absolute atomic E-state index is 0.126. The maximum Gasteiger partial charge on any atom is 0.406 e. The van der Waals surface area contributed by atoms with Gasteiger partial charge in [-0.2, -0.15) is 0 Å². The Hall–Kier alpha value is -3.49. The molecule has 1 aromatic carbocycles. The van der Waals surface area contributed by atoms with Gasteiger partial charge in [-0.1, -0.05) is 12.1 Å². The number of hydrogen-bond acceptors (Lipinski definition) is 7. The number of nitrogens with one attached hydrogen (secondary N) is 1. The number of nitro groups is 1. The monoisotopic (exact) mass is 331 g/mol. The lowest BCUT2D eigenvalue weighted by Crippen LogP contribution is -2.22. The molecule has 1 heterocycles. The van der Waals surface area contributed by atoms with Crippen molar-refractivity contribution < 1.29 is 24.0 Å². The Morgan fingerprint density at radius 3 is 2.71 bits per heavy atom. The van der Waals surface area contributed by atoms with Crippen LogP contribution < -0.4 is 10.1 Å². The maximum absolute atomic E-state index is 12.0. The molecule has 24 heavy (non-hydrogen) atoms. The summed E-state index contributed by atoms with van der Waals surface area (Å²) in [6.45, 7) is -0.484. The number of pyridine rings is 1. The highest BCUT2D eigenvalue weighted by Crippen LogP contribution is 2.23. The van der Waals surface area contributed by atoms with Crippen molar-refractivity contribution >= 4 is 23.4 Å². The molecule has 0 saturated heterocycles. The molecule has 0 saturated carbocycles. The number of rotatable bonds is 6. The van der Waals surface area contributed by atoms with E-state index in [1.165, 1.54) is 37.6 Å². The van der Waals surface area contributed by atoms with Crippen LogP contribution in [-0.2, 0) is 9.53 Å². The first-order valence-corrected chi connectivity index (χ1v) is 6.72. The summed E-state index contributed by atoms with van der Waals surface area (Å²) in [5.74, 6) is -1.81. The van der Waals surface area contributed by atoms with Gasteiger partial charge in [0.25, 0.3) is 5.91 Å². The summed E-state index contributed by atoms with van der Waals surface area (Å²) in [5.41, 5.74) is 0.430. The zero-order valence-electron chi connectivity index (χ0n) is 12.6. The average Bonchev–Trinajstić information content (AvgIpc) is 2.60. The summed E-state index contributed by atoms with van der Waals surface area (Å²) in [7, 11) is 1.23. The van der Waals surface area contributed by atoms with E-state index in [1.54, 1.807) is 12.1 Å². The minimum atomic E-state index is -0.709. The summed E-state index contributed by atoms with van der Waals surface area (Å²) in [5, 5.41) is 13.3. The van der Waals surface area contributed by atoms with Gasteiger partial charge in [0.05, 0.1) is 18.4 Å². The van der Waals surface area contributed by atoms with Crippen LogP contribution in [0, 0.1) is 10.1 Å². The highest BCUT2D eigenvalue weighted by atomic mass is 16.6. The summed E-state index contributed by atoms with van der Waals surface area (Å²) >= 11 is 0. The third-order valence-corrected chi connectivity index (χ3v) is 2.89. The lowest BCUT2D eigenvalue weighted by atomic mass is 10.2. The number of ether oxygens (including phenoxy) is 2. The molecule has 2 rings (SSSR count). The van der Waals surface area contributed by atoms with Crippen molar-refractivity contribution in [1.29, 1.82) is 0 Å². The summed E-state index contributed by atoms with van der Waals surface area (Å²) in [6, 6.07) is 9.06. The molecule has 0 aliphatic heterocycles. The third-order valence-electron chi connectivity index (χ3n) is 2.89. The number of para-hydroxylation sites is 1. The molecule has 1 N–H and O–H groups in total. The van der Waals surface area contributed by atoms with Gasteiger partial charge in [-0.05, 0) is 34.2 Å². The van der Waals surface area contributed by atoms with E-state index in [2.05, 4.69) is 15.0 Å². The highest BCUT2D eigenvalue weighted by molar-refractivity contribution is 6.01. The van der Waals surface area contributed by atoms with Gasteiger partial charge in [0.1, 0.15) is 6.20 Å². The first kappa shape index (κ1) is 16.9. The number of nitrogens with zero attached hydrogens (tertiary/aromatic N) is 2. The van der Waals surface area contributed by atoms with Crippen LogP contribution in [0.2, 0.25) is 0 Å². The quantitative estimate of drug-likeness (QED) is 0.486. The SMILES string of the molecule is COC(=O)c1ccccc1NC(=O)COc1cccnc1[N+](=O)[O-]. The number of benzene rings is 1. The largest absolute Gasteiger partial charge is 0.476 e. The standard InChI is InChI=1S/C15H13N3O6/c1-23-15(20)10-5-2-3-6-11(10)17-13(19)9-24-12-7-4-8-16-14(12)18(21)22/h2-8H,9H2,1H3,(H,17,19). The molecule has 9 heteroatoms. The third kappa shape index (κ3) is 4.03. The number of anilines is 1. The zero-order valence-corrected chi connectivity index (χ0v) is 12.6. The molecule has 0 bridgehead atoms. The number of methoxy groups -OCH3 is 1. The fourth-order valence-corrected chi connectivity index (χ4v) is 1.84. The van der Waals surface area contributed by atoms with E-state index >= 15 is 0 Å². The Labute approximate surface area is 136 Å². The van der Waals surface area contributed by atoms with E-state index < -0.39 is 29.2 Å². The van der Waals surface area contributed by atoms with Crippen LogP contribution >= 0.6 is 0 Å². The molecule has 0 radical (unpaired) electrons. The van der Waals surface area contributed by atoms with Crippen LogP contribution in [0.1, 0.15) is 10.4 Å². The van der Waals surface area contributed by atoms with Crippen molar-refractivity contribution in [3.05, 3.63) is 58.3 Å². The lowest BCUT2D eigenvalue weighted by Gasteiger charge is -2.10. The molecule has 0 fully saturated rings. The van der Waals surface area contributed by atoms with Crippen LogP contribution in [0.25, 0.3) is 0 Å². The van der Waals surface area contributed by atoms with Crippen LogP contribution in [0.15, 0.2) is 42.6 Å². The van der Waals surface area contributed by atoms with Crippen molar-refractivity contribution in [3.63, 3.8) is 0 Å². The Morgan fingerprint density at radius 2 is 2.00 bits per heavy atom. The van der Waals surface area contributed by atoms with Gasteiger partial charge in [-0.3, -0.25) is 4.79 Å². The molecule has 124 valence electrons. The van der Waals surface area contributed by atoms with Crippen LogP contribution in [0.4, 0.5) is 11.5 Å². The summed E-state index contributed by atoms with van der Waals surface area (Å²) in [6.07, 6.45) is 1.25. The molecule has 2 aromatic rings. The number of esters is 1. The topological polar surface area (TPSA) is 121 Å². The van der Waals surface area contributed by atoms with E-state index in [0.717, 1.165) is 0 Å². The zero-order chi connectivity index (χ0) is 17.5. The minimum Gasteiger partial charge on any atom is -0.476 e. The Balaban J connectivity index is 2.05. The Kier molecular flexibility index (Phi) is 5.40. The smallest absolute Gasteiger partial charge is 0.406 e. The number of aromatic nitrogens is 1. The van der Waals surface area contributed by atoms with Crippen molar-refractivity contribution in [1.82, 2.24) is 4.98 Å². The van der Waals surface area contributed by atoms with Gasteiger partial charge in [-0.25, -0.2) is 4.79 Å². The molecule has 9 nitrogen and oxygen atoms in total. The average molecular weight is 331 g/mol. The number of carbonyl (C=O) groups excluding carboxylic acids is 2. The van der Waals surface area contributed by atoms with E-state index in [4.69, 9.17) is 4.74 Å².